The first-order chi connectivity index (χ1) is 8.70. The van der Waals surface area contributed by atoms with E-state index in [2.05, 4.69) is 17.4 Å². The van der Waals surface area contributed by atoms with Crippen LogP contribution in [0.4, 0.5) is 0 Å². The summed E-state index contributed by atoms with van der Waals surface area (Å²) in [6.45, 7) is 3.30. The van der Waals surface area contributed by atoms with E-state index in [4.69, 9.17) is 15.2 Å². The van der Waals surface area contributed by atoms with Crippen molar-refractivity contribution in [3.63, 3.8) is 0 Å². The molecule has 0 spiro atoms. The second kappa shape index (κ2) is 6.07. The molecular formula is C14H22N2O2. The van der Waals surface area contributed by atoms with Crippen molar-refractivity contribution in [2.24, 2.45) is 5.73 Å². The fourth-order valence-electron chi connectivity index (χ4n) is 2.18. The van der Waals surface area contributed by atoms with Crippen molar-refractivity contribution in [3.8, 4) is 11.5 Å². The van der Waals surface area contributed by atoms with Crippen LogP contribution in [0.1, 0.15) is 31.4 Å². The molecule has 18 heavy (non-hydrogen) atoms. The van der Waals surface area contributed by atoms with Crippen molar-refractivity contribution in [1.29, 1.82) is 0 Å². The Balaban J connectivity index is 2.10. The van der Waals surface area contributed by atoms with Crippen LogP contribution in [0.25, 0.3) is 0 Å². The first kappa shape index (κ1) is 13.2. The van der Waals surface area contributed by atoms with E-state index in [0.717, 1.165) is 24.3 Å². The average molecular weight is 250 g/mol. The molecule has 0 saturated carbocycles. The molecule has 2 rings (SSSR count). The quantitative estimate of drug-likeness (QED) is 0.837. The van der Waals surface area contributed by atoms with Crippen LogP contribution in [0.15, 0.2) is 18.2 Å². The minimum atomic E-state index is 0.234. The van der Waals surface area contributed by atoms with Gasteiger partial charge in [0.1, 0.15) is 13.2 Å². The highest BCUT2D eigenvalue weighted by molar-refractivity contribution is 5.44. The predicted octanol–water partition coefficient (Wildman–Crippen LogP) is 1.85. The Labute approximate surface area is 108 Å². The van der Waals surface area contributed by atoms with E-state index in [1.807, 2.05) is 20.0 Å². The molecule has 4 nitrogen and oxygen atoms in total. The maximum absolute atomic E-state index is 5.81. The summed E-state index contributed by atoms with van der Waals surface area (Å²) >= 11 is 0. The first-order valence-corrected chi connectivity index (χ1v) is 6.53. The van der Waals surface area contributed by atoms with Crippen molar-refractivity contribution in [1.82, 2.24) is 5.32 Å². The van der Waals surface area contributed by atoms with E-state index in [1.54, 1.807) is 0 Å². The van der Waals surface area contributed by atoms with Crippen LogP contribution in [-0.4, -0.2) is 26.3 Å². The van der Waals surface area contributed by atoms with Gasteiger partial charge in [0.25, 0.3) is 0 Å². The van der Waals surface area contributed by atoms with Crippen LogP contribution in [-0.2, 0) is 0 Å². The summed E-state index contributed by atoms with van der Waals surface area (Å²) < 4.78 is 11.1. The topological polar surface area (TPSA) is 56.5 Å². The fraction of sp³-hybridized carbons (Fsp3) is 0.571. The zero-order valence-corrected chi connectivity index (χ0v) is 11.1. The third-order valence-corrected chi connectivity index (χ3v) is 3.23. The van der Waals surface area contributed by atoms with Crippen molar-refractivity contribution in [2.75, 3.05) is 20.3 Å². The Morgan fingerprint density at radius 1 is 1.22 bits per heavy atom. The Bertz CT molecular complexity index is 393. The van der Waals surface area contributed by atoms with Gasteiger partial charge in [-0.25, -0.2) is 0 Å². The van der Waals surface area contributed by atoms with E-state index in [-0.39, 0.29) is 6.04 Å². The van der Waals surface area contributed by atoms with Gasteiger partial charge in [0.15, 0.2) is 11.5 Å². The Hall–Kier alpha value is -1.26. The van der Waals surface area contributed by atoms with Crippen LogP contribution in [0.2, 0.25) is 0 Å². The van der Waals surface area contributed by atoms with Gasteiger partial charge in [-0.15, -0.1) is 0 Å². The number of fused-ring (bicyclic) bond motifs is 1. The van der Waals surface area contributed by atoms with Crippen LogP contribution < -0.4 is 20.5 Å². The number of hydrogen-bond acceptors (Lipinski definition) is 4. The molecule has 0 bridgehead atoms. The third-order valence-electron chi connectivity index (χ3n) is 3.23. The molecule has 2 unspecified atom stereocenters. The van der Waals surface area contributed by atoms with Crippen molar-refractivity contribution in [3.05, 3.63) is 23.8 Å². The normalized spacial score (nSPS) is 17.3. The Kier molecular flexibility index (Phi) is 4.44. The number of nitrogens with one attached hydrogen (secondary N) is 1. The fourth-order valence-corrected chi connectivity index (χ4v) is 2.18. The van der Waals surface area contributed by atoms with Gasteiger partial charge >= 0.3 is 0 Å². The van der Waals surface area contributed by atoms with Gasteiger partial charge in [-0.3, -0.25) is 0 Å². The van der Waals surface area contributed by atoms with Gasteiger partial charge in [0.05, 0.1) is 0 Å². The Morgan fingerprint density at radius 2 is 1.94 bits per heavy atom. The molecule has 1 heterocycles. The standard InChI is InChI=1S/C14H22N2O2/c1-10(15)3-5-12(16-2)11-4-6-13-14(9-11)18-8-7-17-13/h4,6,9-10,12,16H,3,5,7-8,15H2,1-2H3. The lowest BCUT2D eigenvalue weighted by Crippen LogP contribution is -2.22. The molecule has 1 aromatic carbocycles. The molecule has 2 atom stereocenters. The predicted molar refractivity (Wildman–Crippen MR) is 72.1 cm³/mol. The largest absolute Gasteiger partial charge is 0.486 e. The molecule has 3 N–H and O–H groups in total. The maximum Gasteiger partial charge on any atom is 0.161 e. The molecule has 4 heteroatoms. The first-order valence-electron chi connectivity index (χ1n) is 6.53. The minimum Gasteiger partial charge on any atom is -0.486 e. The molecule has 0 radical (unpaired) electrons. The lowest BCUT2D eigenvalue weighted by Gasteiger charge is -2.22. The Morgan fingerprint density at radius 3 is 2.61 bits per heavy atom. The molecule has 0 saturated heterocycles. The summed E-state index contributed by atoms with van der Waals surface area (Å²) in [5, 5.41) is 3.33. The number of nitrogens with two attached hydrogens (primary N) is 1. The highest BCUT2D eigenvalue weighted by Crippen LogP contribution is 2.33. The molecule has 1 aliphatic rings. The molecule has 0 aliphatic carbocycles. The van der Waals surface area contributed by atoms with Gasteiger partial charge in [-0.05, 0) is 44.5 Å². The smallest absolute Gasteiger partial charge is 0.161 e. The average Bonchev–Trinajstić information content (AvgIpc) is 2.39. The van der Waals surface area contributed by atoms with Crippen molar-refractivity contribution in [2.45, 2.75) is 31.8 Å². The summed E-state index contributed by atoms with van der Waals surface area (Å²) in [6, 6.07) is 6.69. The third kappa shape index (κ3) is 3.15. The summed E-state index contributed by atoms with van der Waals surface area (Å²) in [6.07, 6.45) is 2.02. The maximum atomic E-state index is 5.81. The van der Waals surface area contributed by atoms with Crippen molar-refractivity contribution < 1.29 is 9.47 Å². The molecule has 100 valence electrons. The van der Waals surface area contributed by atoms with E-state index in [0.29, 0.717) is 19.3 Å². The minimum absolute atomic E-state index is 0.234. The zero-order valence-electron chi connectivity index (χ0n) is 11.1. The molecular weight excluding hydrogens is 228 g/mol. The lowest BCUT2D eigenvalue weighted by atomic mass is 9.99. The monoisotopic (exact) mass is 250 g/mol. The van der Waals surface area contributed by atoms with Crippen LogP contribution in [0.3, 0.4) is 0 Å². The summed E-state index contributed by atoms with van der Waals surface area (Å²) in [7, 11) is 1.97. The second-order valence-corrected chi connectivity index (χ2v) is 4.80. The number of ether oxygens (including phenoxy) is 2. The number of hydrogen-bond donors (Lipinski definition) is 2. The molecule has 0 fully saturated rings. The van der Waals surface area contributed by atoms with Crippen LogP contribution >= 0.6 is 0 Å². The number of rotatable bonds is 5. The zero-order chi connectivity index (χ0) is 13.0. The summed E-state index contributed by atoms with van der Waals surface area (Å²) in [5.41, 5.74) is 7.04. The molecule has 1 aliphatic heterocycles. The van der Waals surface area contributed by atoms with Crippen molar-refractivity contribution >= 4 is 0 Å². The lowest BCUT2D eigenvalue weighted by molar-refractivity contribution is 0.171. The van der Waals surface area contributed by atoms with Crippen LogP contribution in [0, 0.1) is 0 Å². The van der Waals surface area contributed by atoms with E-state index < -0.39 is 0 Å². The van der Waals surface area contributed by atoms with Gasteiger partial charge in [0, 0.05) is 12.1 Å². The van der Waals surface area contributed by atoms with Gasteiger partial charge in [-0.2, -0.15) is 0 Å². The highest BCUT2D eigenvalue weighted by Gasteiger charge is 2.16. The van der Waals surface area contributed by atoms with Gasteiger partial charge < -0.3 is 20.5 Å². The molecule has 0 aromatic heterocycles. The SMILES string of the molecule is CNC(CCC(C)N)c1ccc2c(c1)OCCO2. The van der Waals surface area contributed by atoms with E-state index in [9.17, 15) is 0 Å². The molecule has 0 amide bonds. The van der Waals surface area contributed by atoms with E-state index >= 15 is 0 Å². The summed E-state index contributed by atoms with van der Waals surface area (Å²) in [4.78, 5) is 0. The summed E-state index contributed by atoms with van der Waals surface area (Å²) in [5.74, 6) is 1.69. The van der Waals surface area contributed by atoms with E-state index in [1.165, 1.54) is 5.56 Å². The van der Waals surface area contributed by atoms with Gasteiger partial charge in [-0.1, -0.05) is 6.07 Å². The van der Waals surface area contributed by atoms with Crippen LogP contribution in [0.5, 0.6) is 11.5 Å². The number of benzene rings is 1. The van der Waals surface area contributed by atoms with Gasteiger partial charge in [0.2, 0.25) is 0 Å². The highest BCUT2D eigenvalue weighted by atomic mass is 16.6. The second-order valence-electron chi connectivity index (χ2n) is 4.80. The molecule has 1 aromatic rings.